The van der Waals surface area contributed by atoms with Crippen molar-refractivity contribution in [2.45, 2.75) is 64.8 Å². The van der Waals surface area contributed by atoms with E-state index in [2.05, 4.69) is 0 Å². The predicted molar refractivity (Wildman–Crippen MR) is 85.0 cm³/mol. The molecule has 0 spiro atoms. The molecule has 0 saturated carbocycles. The van der Waals surface area contributed by atoms with Gasteiger partial charge in [-0.1, -0.05) is 18.2 Å². The number of cyclic esters (lactones) is 1. The molecule has 4 nitrogen and oxygen atoms in total. The van der Waals surface area contributed by atoms with Crippen LogP contribution >= 0.6 is 0 Å². The minimum Gasteiger partial charge on any atom is -0.460 e. The summed E-state index contributed by atoms with van der Waals surface area (Å²) < 4.78 is 17.4. The summed E-state index contributed by atoms with van der Waals surface area (Å²) in [5, 5.41) is 0. The van der Waals surface area contributed by atoms with Crippen LogP contribution in [0.15, 0.2) is 18.2 Å². The van der Waals surface area contributed by atoms with E-state index in [4.69, 9.17) is 14.0 Å². The first-order valence-corrected chi connectivity index (χ1v) is 7.71. The van der Waals surface area contributed by atoms with E-state index in [1.165, 1.54) is 0 Å². The molecule has 0 bridgehead atoms. The summed E-state index contributed by atoms with van der Waals surface area (Å²) in [6, 6.07) is 6.03. The summed E-state index contributed by atoms with van der Waals surface area (Å²) in [7, 11) is -0.413. The molecular weight excluding hydrogens is 279 g/mol. The van der Waals surface area contributed by atoms with Gasteiger partial charge in [-0.15, -0.1) is 0 Å². The van der Waals surface area contributed by atoms with Crippen molar-refractivity contribution in [3.8, 4) is 0 Å². The number of carbonyl (C=O) groups excluding carboxylic acids is 1. The topological polar surface area (TPSA) is 44.8 Å². The summed E-state index contributed by atoms with van der Waals surface area (Å²) in [6.45, 7) is 12.3. The molecule has 2 heterocycles. The van der Waals surface area contributed by atoms with Crippen LogP contribution in [-0.4, -0.2) is 24.3 Å². The van der Waals surface area contributed by atoms with Gasteiger partial charge in [0.15, 0.2) is 0 Å². The highest BCUT2D eigenvalue weighted by atomic mass is 16.7. The lowest BCUT2D eigenvalue weighted by Gasteiger charge is -2.32. The van der Waals surface area contributed by atoms with E-state index in [0.717, 1.165) is 16.6 Å². The average Bonchev–Trinajstić information content (AvgIpc) is 2.63. The molecule has 1 aromatic rings. The van der Waals surface area contributed by atoms with Gasteiger partial charge in [0.05, 0.1) is 16.6 Å². The maximum absolute atomic E-state index is 12.0. The van der Waals surface area contributed by atoms with Crippen LogP contribution in [0.5, 0.6) is 0 Å². The summed E-state index contributed by atoms with van der Waals surface area (Å²) >= 11 is 0. The highest BCUT2D eigenvalue weighted by Gasteiger charge is 2.52. The van der Waals surface area contributed by atoms with Crippen molar-refractivity contribution in [1.29, 1.82) is 0 Å². The third-order valence-corrected chi connectivity index (χ3v) is 5.20. The summed E-state index contributed by atoms with van der Waals surface area (Å²) in [5.41, 5.74) is 1.60. The van der Waals surface area contributed by atoms with Crippen molar-refractivity contribution in [2.24, 2.45) is 0 Å². The zero-order chi connectivity index (χ0) is 16.3. The highest BCUT2D eigenvalue weighted by molar-refractivity contribution is 6.62. The number of carbonyl (C=O) groups is 1. The van der Waals surface area contributed by atoms with Gasteiger partial charge >= 0.3 is 13.1 Å². The Morgan fingerprint density at radius 2 is 1.59 bits per heavy atom. The van der Waals surface area contributed by atoms with Gasteiger partial charge in [0.1, 0.15) is 6.61 Å². The van der Waals surface area contributed by atoms with Gasteiger partial charge in [-0.3, -0.25) is 4.79 Å². The Hall–Kier alpha value is -1.33. The van der Waals surface area contributed by atoms with E-state index in [1.54, 1.807) is 0 Å². The number of fused-ring (bicyclic) bond motifs is 1. The van der Waals surface area contributed by atoms with Crippen LogP contribution < -0.4 is 5.46 Å². The molecule has 22 heavy (non-hydrogen) atoms. The van der Waals surface area contributed by atoms with E-state index < -0.39 is 12.5 Å². The molecule has 118 valence electrons. The minimum absolute atomic E-state index is 0.189. The van der Waals surface area contributed by atoms with Crippen molar-refractivity contribution in [3.63, 3.8) is 0 Å². The summed E-state index contributed by atoms with van der Waals surface area (Å²) in [6.07, 6.45) is 0. The highest BCUT2D eigenvalue weighted by Crippen LogP contribution is 2.37. The van der Waals surface area contributed by atoms with E-state index >= 15 is 0 Å². The fourth-order valence-corrected chi connectivity index (χ4v) is 2.86. The molecule has 0 N–H and O–H groups in total. The Labute approximate surface area is 132 Å². The number of hydrogen-bond donors (Lipinski definition) is 0. The first-order valence-electron chi connectivity index (χ1n) is 7.71. The minimum atomic E-state index is -0.646. The van der Waals surface area contributed by atoms with E-state index in [0.29, 0.717) is 6.61 Å². The lowest BCUT2D eigenvalue weighted by atomic mass is 9.72. The normalized spacial score (nSPS) is 24.8. The number of hydrogen-bond acceptors (Lipinski definition) is 4. The van der Waals surface area contributed by atoms with Gasteiger partial charge in [0.25, 0.3) is 0 Å². The fourth-order valence-electron chi connectivity index (χ4n) is 2.86. The molecule has 0 amide bonds. The van der Waals surface area contributed by atoms with Crippen molar-refractivity contribution in [3.05, 3.63) is 29.3 Å². The smallest absolute Gasteiger partial charge is 0.460 e. The molecular formula is C17H23BO4. The largest absolute Gasteiger partial charge is 0.494 e. The van der Waals surface area contributed by atoms with Gasteiger partial charge in [-0.05, 0) is 58.1 Å². The van der Waals surface area contributed by atoms with E-state index in [9.17, 15) is 4.79 Å². The average molecular weight is 302 g/mol. The molecule has 0 atom stereocenters. The molecule has 0 aliphatic carbocycles. The van der Waals surface area contributed by atoms with Crippen molar-refractivity contribution < 1.29 is 18.8 Å². The fraction of sp³-hybridized carbons (Fsp3) is 0.588. The number of rotatable bonds is 1. The Morgan fingerprint density at radius 1 is 1.00 bits per heavy atom. The van der Waals surface area contributed by atoms with Crippen LogP contribution in [0.25, 0.3) is 0 Å². The van der Waals surface area contributed by atoms with Crippen LogP contribution in [-0.2, 0) is 30.9 Å². The van der Waals surface area contributed by atoms with Crippen molar-refractivity contribution >= 4 is 18.6 Å². The first-order chi connectivity index (χ1) is 10.0. The maximum Gasteiger partial charge on any atom is 0.494 e. The van der Waals surface area contributed by atoms with Gasteiger partial charge in [-0.2, -0.15) is 0 Å². The van der Waals surface area contributed by atoms with Crippen molar-refractivity contribution in [2.75, 3.05) is 0 Å². The van der Waals surface area contributed by atoms with Crippen LogP contribution in [0, 0.1) is 0 Å². The monoisotopic (exact) mass is 302 g/mol. The zero-order valence-electron chi connectivity index (χ0n) is 14.1. The zero-order valence-corrected chi connectivity index (χ0v) is 14.1. The number of benzene rings is 1. The summed E-state index contributed by atoms with van der Waals surface area (Å²) in [5.74, 6) is -0.189. The first kappa shape index (κ1) is 15.6. The second-order valence-corrected chi connectivity index (χ2v) is 7.71. The Balaban J connectivity index is 1.99. The third-order valence-electron chi connectivity index (χ3n) is 5.20. The molecule has 0 radical (unpaired) electrons. The molecule has 1 fully saturated rings. The van der Waals surface area contributed by atoms with Crippen LogP contribution in [0.4, 0.5) is 0 Å². The lowest BCUT2D eigenvalue weighted by Crippen LogP contribution is -2.41. The number of esters is 1. The van der Waals surface area contributed by atoms with Crippen LogP contribution in [0.2, 0.25) is 0 Å². The molecule has 3 rings (SSSR count). The van der Waals surface area contributed by atoms with Crippen molar-refractivity contribution in [1.82, 2.24) is 0 Å². The second-order valence-electron chi connectivity index (χ2n) is 7.71. The Morgan fingerprint density at radius 3 is 2.18 bits per heavy atom. The second kappa shape index (κ2) is 4.59. The Kier molecular flexibility index (Phi) is 3.25. The molecule has 1 saturated heterocycles. The van der Waals surface area contributed by atoms with Gasteiger partial charge in [0, 0.05) is 0 Å². The third kappa shape index (κ3) is 2.18. The lowest BCUT2D eigenvalue weighted by molar-refractivity contribution is -0.152. The molecule has 2 aliphatic rings. The van der Waals surface area contributed by atoms with E-state index in [-0.39, 0.29) is 17.2 Å². The molecule has 0 aromatic heterocycles. The van der Waals surface area contributed by atoms with Crippen LogP contribution in [0.1, 0.15) is 52.7 Å². The summed E-state index contributed by atoms with van der Waals surface area (Å²) in [4.78, 5) is 12.0. The molecule has 2 aliphatic heterocycles. The maximum atomic E-state index is 12.0. The molecule has 1 aromatic carbocycles. The van der Waals surface area contributed by atoms with Gasteiger partial charge in [-0.25, -0.2) is 0 Å². The van der Waals surface area contributed by atoms with E-state index in [1.807, 2.05) is 59.7 Å². The molecule has 5 heteroatoms. The quantitative estimate of drug-likeness (QED) is 0.590. The van der Waals surface area contributed by atoms with Gasteiger partial charge in [0.2, 0.25) is 0 Å². The standard InChI is InChI=1S/C17H23BO4/c1-15(2)13-9-12(8-7-11(13)10-20-14(15)19)18-21-16(3,4)17(5,6)22-18/h7-9H,10H2,1-6H3. The Bertz CT molecular complexity index is 618. The SMILES string of the molecule is CC1(C)C(=O)OCc2ccc(B3OC(C)(C)C(C)(C)O3)cc21. The van der Waals surface area contributed by atoms with Crippen LogP contribution in [0.3, 0.4) is 0 Å². The predicted octanol–water partition coefficient (Wildman–Crippen LogP) is 2.32. The molecule has 0 unspecified atom stereocenters. The van der Waals surface area contributed by atoms with Gasteiger partial charge < -0.3 is 14.0 Å². The number of ether oxygens (including phenoxy) is 1.